The molecular weight excluding hydrogens is 530 g/mol. The number of hydrogen-bond donors (Lipinski definition) is 0. The van der Waals surface area contributed by atoms with Crippen LogP contribution in [0.1, 0.15) is 64.4 Å². The van der Waals surface area contributed by atoms with E-state index >= 15 is 0 Å². The maximum Gasteiger partial charge on any atom is 0.356 e. The zero-order valence-corrected chi connectivity index (χ0v) is 23.9. The van der Waals surface area contributed by atoms with Gasteiger partial charge < -0.3 is 18.8 Å². The number of carbonyl (C=O) groups is 1. The maximum atomic E-state index is 12.1. The molecule has 214 valence electrons. The monoisotopic (exact) mass is 563 g/mol. The lowest BCUT2D eigenvalue weighted by atomic mass is 9.86. The molecule has 2 unspecified atom stereocenters. The third kappa shape index (κ3) is 5.90. The molecule has 9 nitrogen and oxygen atoms in total. The van der Waals surface area contributed by atoms with Crippen molar-refractivity contribution >= 4 is 22.7 Å². The van der Waals surface area contributed by atoms with Crippen LogP contribution in [-0.2, 0) is 29.0 Å². The number of imidazole rings is 1. The second-order valence-corrected chi connectivity index (χ2v) is 10.9. The summed E-state index contributed by atoms with van der Waals surface area (Å²) in [7, 11) is 1.36. The molecule has 1 aromatic carbocycles. The molecule has 9 heteroatoms. The molecule has 4 heterocycles. The molecule has 1 aliphatic carbocycles. The summed E-state index contributed by atoms with van der Waals surface area (Å²) in [5.41, 5.74) is 6.64. The number of pyridine rings is 2. The molecule has 1 aliphatic heterocycles. The molecule has 1 saturated heterocycles. The summed E-state index contributed by atoms with van der Waals surface area (Å²) in [5.74, 6) is 1.54. The van der Waals surface area contributed by atoms with Crippen LogP contribution in [0.5, 0.6) is 5.88 Å². The van der Waals surface area contributed by atoms with E-state index in [4.69, 9.17) is 29.4 Å². The van der Waals surface area contributed by atoms with Gasteiger partial charge in [0.15, 0.2) is 11.3 Å². The maximum absolute atomic E-state index is 12.1. The number of nitriles is 1. The summed E-state index contributed by atoms with van der Waals surface area (Å²) in [6.07, 6.45) is 7.13. The number of benzene rings is 1. The van der Waals surface area contributed by atoms with Crippen molar-refractivity contribution in [1.29, 1.82) is 5.26 Å². The van der Waals surface area contributed by atoms with Gasteiger partial charge in [0.2, 0.25) is 5.88 Å². The molecule has 0 amide bonds. The van der Waals surface area contributed by atoms with E-state index in [1.54, 1.807) is 6.07 Å². The summed E-state index contributed by atoms with van der Waals surface area (Å²) in [6.45, 7) is 3.84. The molecule has 6 rings (SSSR count). The fraction of sp³-hybridized carbons (Fsp3) is 0.364. The zero-order chi connectivity index (χ0) is 29.1. The number of aryl methyl sites for hydroxylation is 1. The number of hydrogen-bond acceptors (Lipinski definition) is 8. The summed E-state index contributed by atoms with van der Waals surface area (Å²) >= 11 is 0. The molecule has 2 atom stereocenters. The van der Waals surface area contributed by atoms with Crippen LogP contribution in [0.2, 0.25) is 0 Å². The Morgan fingerprint density at radius 1 is 1.14 bits per heavy atom. The summed E-state index contributed by atoms with van der Waals surface area (Å²) in [6, 6.07) is 17.2. The van der Waals surface area contributed by atoms with E-state index < -0.39 is 5.97 Å². The van der Waals surface area contributed by atoms with Crippen molar-refractivity contribution in [3.05, 3.63) is 88.5 Å². The molecule has 0 saturated carbocycles. The van der Waals surface area contributed by atoms with Gasteiger partial charge in [0.1, 0.15) is 17.9 Å². The van der Waals surface area contributed by atoms with Crippen molar-refractivity contribution in [2.75, 3.05) is 13.7 Å². The number of ether oxygens (including phenoxy) is 3. The van der Waals surface area contributed by atoms with Crippen molar-refractivity contribution in [3.8, 4) is 11.9 Å². The number of esters is 1. The lowest BCUT2D eigenvalue weighted by Gasteiger charge is -2.28. The molecule has 42 heavy (non-hydrogen) atoms. The van der Waals surface area contributed by atoms with Gasteiger partial charge in [-0.05, 0) is 85.6 Å². The zero-order valence-electron chi connectivity index (χ0n) is 23.9. The molecule has 3 aromatic heterocycles. The molecule has 0 radical (unpaired) electrons. The Hall–Kier alpha value is -4.55. The number of nitrogens with zero attached hydrogens (tertiary/aromatic N) is 5. The summed E-state index contributed by atoms with van der Waals surface area (Å²) in [4.78, 5) is 26.4. The Morgan fingerprint density at radius 2 is 2.02 bits per heavy atom. The predicted octanol–water partition coefficient (Wildman–Crippen LogP) is 5.59. The average Bonchev–Trinajstić information content (AvgIpc) is 3.34. The smallest absolute Gasteiger partial charge is 0.356 e. The minimum absolute atomic E-state index is 0.143. The first-order valence-corrected chi connectivity index (χ1v) is 14.4. The van der Waals surface area contributed by atoms with Crippen molar-refractivity contribution in [2.24, 2.45) is 5.92 Å². The Balaban J connectivity index is 1.14. The molecule has 0 spiro atoms. The third-order valence-corrected chi connectivity index (χ3v) is 8.14. The molecule has 1 fully saturated rings. The number of allylic oxidation sites excluding steroid dienone is 2. The lowest BCUT2D eigenvalue weighted by Crippen LogP contribution is -2.32. The van der Waals surface area contributed by atoms with Gasteiger partial charge in [-0.15, -0.1) is 0 Å². The first kappa shape index (κ1) is 27.6. The average molecular weight is 564 g/mol. The van der Waals surface area contributed by atoms with Crippen molar-refractivity contribution in [1.82, 2.24) is 19.5 Å². The predicted molar refractivity (Wildman–Crippen MR) is 157 cm³/mol. The van der Waals surface area contributed by atoms with E-state index in [1.807, 2.05) is 49.4 Å². The molecule has 2 aliphatic rings. The number of methoxy groups -OCH3 is 1. The van der Waals surface area contributed by atoms with Gasteiger partial charge in [-0.1, -0.05) is 18.2 Å². The van der Waals surface area contributed by atoms with Crippen molar-refractivity contribution in [3.63, 3.8) is 0 Å². The van der Waals surface area contributed by atoms with Gasteiger partial charge in [0, 0.05) is 19.1 Å². The summed E-state index contributed by atoms with van der Waals surface area (Å²) in [5, 5.41) is 9.10. The largest absolute Gasteiger partial charge is 0.473 e. The first-order valence-electron chi connectivity index (χ1n) is 14.4. The molecular formula is C33H33N5O4. The number of rotatable bonds is 9. The normalized spacial score (nSPS) is 18.2. The highest BCUT2D eigenvalue weighted by Gasteiger charge is 2.25. The van der Waals surface area contributed by atoms with Gasteiger partial charge in [-0.3, -0.25) is 0 Å². The van der Waals surface area contributed by atoms with Gasteiger partial charge >= 0.3 is 5.97 Å². The Morgan fingerprint density at radius 3 is 2.74 bits per heavy atom. The minimum Gasteiger partial charge on any atom is -0.473 e. The minimum atomic E-state index is -0.455. The van der Waals surface area contributed by atoms with E-state index in [9.17, 15) is 4.79 Å². The highest BCUT2D eigenvalue weighted by Crippen LogP contribution is 2.33. The van der Waals surface area contributed by atoms with E-state index in [0.717, 1.165) is 66.9 Å². The topological polar surface area (TPSA) is 112 Å². The van der Waals surface area contributed by atoms with Crippen molar-refractivity contribution in [2.45, 2.75) is 58.3 Å². The fourth-order valence-corrected chi connectivity index (χ4v) is 5.56. The standard InChI is InChI=1S/C33H33N5O4/c1-21-16-23(18-34)8-11-25(21)20-42-31-5-3-4-27(36-31)24-9-6-22(7-10-24)17-30-35-28-12-13-29(33(39)40-2)37-32(28)38(30)19-26-14-15-41-26/h3-5,8-9,11-13,16,22,26H,6-7,10,14-15,17,19-20H2,1-2H3. The molecule has 0 N–H and O–H groups in total. The summed E-state index contributed by atoms with van der Waals surface area (Å²) < 4.78 is 18.7. The third-order valence-electron chi connectivity index (χ3n) is 8.14. The van der Waals surface area contributed by atoms with Gasteiger partial charge in [0.05, 0.1) is 37.1 Å². The van der Waals surface area contributed by atoms with Gasteiger partial charge in [-0.25, -0.2) is 19.7 Å². The fourth-order valence-electron chi connectivity index (χ4n) is 5.56. The Bertz CT molecular complexity index is 1700. The van der Waals surface area contributed by atoms with Crippen LogP contribution in [0.3, 0.4) is 0 Å². The number of carbonyl (C=O) groups excluding carboxylic acids is 1. The van der Waals surface area contributed by atoms with E-state index in [-0.39, 0.29) is 11.8 Å². The van der Waals surface area contributed by atoms with Crippen LogP contribution in [-0.4, -0.2) is 45.3 Å². The quantitative estimate of drug-likeness (QED) is 0.242. The van der Waals surface area contributed by atoms with Crippen LogP contribution in [0.25, 0.3) is 16.7 Å². The molecule has 4 aromatic rings. The highest BCUT2D eigenvalue weighted by molar-refractivity contribution is 5.89. The second-order valence-electron chi connectivity index (χ2n) is 10.9. The van der Waals surface area contributed by atoms with E-state index in [0.29, 0.717) is 36.2 Å². The van der Waals surface area contributed by atoms with Crippen molar-refractivity contribution < 1.29 is 19.0 Å². The van der Waals surface area contributed by atoms with Gasteiger partial charge in [-0.2, -0.15) is 5.26 Å². The van der Waals surface area contributed by atoms with Crippen LogP contribution in [0.15, 0.2) is 54.6 Å². The Kier molecular flexibility index (Phi) is 7.97. The van der Waals surface area contributed by atoms with Crippen LogP contribution in [0, 0.1) is 24.2 Å². The van der Waals surface area contributed by atoms with E-state index in [1.165, 1.54) is 12.7 Å². The molecule has 0 bridgehead atoms. The van der Waals surface area contributed by atoms with Gasteiger partial charge in [0.25, 0.3) is 0 Å². The Labute approximate surface area is 244 Å². The number of aromatic nitrogens is 4. The van der Waals surface area contributed by atoms with Crippen LogP contribution < -0.4 is 4.74 Å². The second kappa shape index (κ2) is 12.1. The first-order chi connectivity index (χ1) is 20.5. The lowest BCUT2D eigenvalue weighted by molar-refractivity contribution is -0.0591. The van der Waals surface area contributed by atoms with Crippen LogP contribution >= 0.6 is 0 Å². The SMILES string of the molecule is COC(=O)c1ccc2nc(CC3CC=C(c4cccc(OCc5ccc(C#N)cc5C)n4)CC3)n(CC3CCO3)c2n1. The number of fused-ring (bicyclic) bond motifs is 1. The highest BCUT2D eigenvalue weighted by atomic mass is 16.5. The van der Waals surface area contributed by atoms with E-state index in [2.05, 4.69) is 21.7 Å². The van der Waals surface area contributed by atoms with Crippen LogP contribution in [0.4, 0.5) is 0 Å².